The highest BCUT2D eigenvalue weighted by Gasteiger charge is 2.32. The SMILES string of the molecule is CC(C)(C)NCCC(CCO)(CCO)CCN1C(=O)C=CC1=O. The van der Waals surface area contributed by atoms with Crippen LogP contribution in [0.2, 0.25) is 0 Å². The maximum absolute atomic E-state index is 11.7. The van der Waals surface area contributed by atoms with Crippen LogP contribution < -0.4 is 5.32 Å². The zero-order valence-corrected chi connectivity index (χ0v) is 14.5. The summed E-state index contributed by atoms with van der Waals surface area (Å²) in [5.41, 5.74) is -0.292. The Hall–Kier alpha value is -1.24. The molecule has 0 bridgehead atoms. The van der Waals surface area contributed by atoms with Crippen LogP contribution in [0.1, 0.15) is 46.5 Å². The largest absolute Gasteiger partial charge is 0.396 e. The Morgan fingerprint density at radius 1 is 0.957 bits per heavy atom. The molecule has 0 aliphatic carbocycles. The van der Waals surface area contributed by atoms with Crippen molar-refractivity contribution in [1.82, 2.24) is 10.2 Å². The third-order valence-electron chi connectivity index (χ3n) is 4.36. The van der Waals surface area contributed by atoms with Crippen molar-refractivity contribution in [3.05, 3.63) is 12.2 Å². The number of amides is 2. The van der Waals surface area contributed by atoms with E-state index in [2.05, 4.69) is 26.1 Å². The topological polar surface area (TPSA) is 89.9 Å². The van der Waals surface area contributed by atoms with E-state index < -0.39 is 0 Å². The van der Waals surface area contributed by atoms with E-state index in [0.29, 0.717) is 25.8 Å². The highest BCUT2D eigenvalue weighted by Crippen LogP contribution is 2.35. The lowest BCUT2D eigenvalue weighted by Crippen LogP contribution is -2.41. The molecule has 0 atom stereocenters. The van der Waals surface area contributed by atoms with Gasteiger partial charge in [0.15, 0.2) is 0 Å². The van der Waals surface area contributed by atoms with Gasteiger partial charge < -0.3 is 15.5 Å². The highest BCUT2D eigenvalue weighted by atomic mass is 16.3. The van der Waals surface area contributed by atoms with Crippen LogP contribution in [0.25, 0.3) is 0 Å². The number of nitrogens with zero attached hydrogens (tertiary/aromatic N) is 1. The number of aliphatic hydroxyl groups is 2. The van der Waals surface area contributed by atoms with Crippen molar-refractivity contribution in [3.8, 4) is 0 Å². The van der Waals surface area contributed by atoms with E-state index in [0.717, 1.165) is 13.0 Å². The molecule has 6 heteroatoms. The molecule has 0 aromatic rings. The normalized spacial score (nSPS) is 15.8. The molecule has 23 heavy (non-hydrogen) atoms. The van der Waals surface area contributed by atoms with Crippen LogP contribution >= 0.6 is 0 Å². The van der Waals surface area contributed by atoms with Crippen LogP contribution in [0.15, 0.2) is 12.2 Å². The lowest BCUT2D eigenvalue weighted by atomic mass is 9.75. The van der Waals surface area contributed by atoms with E-state index in [1.54, 1.807) is 0 Å². The first-order chi connectivity index (χ1) is 10.7. The molecular formula is C17H30N2O4. The number of carbonyl (C=O) groups excluding carboxylic acids is 2. The average molecular weight is 326 g/mol. The van der Waals surface area contributed by atoms with Gasteiger partial charge in [0.2, 0.25) is 0 Å². The van der Waals surface area contributed by atoms with Crippen molar-refractivity contribution in [2.45, 2.75) is 52.0 Å². The van der Waals surface area contributed by atoms with Crippen molar-refractivity contribution in [3.63, 3.8) is 0 Å². The van der Waals surface area contributed by atoms with Gasteiger partial charge in [-0.1, -0.05) is 0 Å². The molecule has 1 aliphatic heterocycles. The monoisotopic (exact) mass is 326 g/mol. The van der Waals surface area contributed by atoms with Crippen LogP contribution in [0.3, 0.4) is 0 Å². The minimum absolute atomic E-state index is 0.00499. The lowest BCUT2D eigenvalue weighted by Gasteiger charge is -2.35. The Morgan fingerprint density at radius 2 is 1.48 bits per heavy atom. The van der Waals surface area contributed by atoms with Gasteiger partial charge in [0.05, 0.1) is 0 Å². The van der Waals surface area contributed by atoms with Gasteiger partial charge in [-0.2, -0.15) is 0 Å². The maximum atomic E-state index is 11.7. The Labute approximate surface area is 138 Å². The van der Waals surface area contributed by atoms with Gasteiger partial charge in [0.25, 0.3) is 11.8 Å². The quantitative estimate of drug-likeness (QED) is 0.517. The van der Waals surface area contributed by atoms with Crippen molar-refractivity contribution in [1.29, 1.82) is 0 Å². The molecule has 1 aliphatic rings. The number of imide groups is 1. The summed E-state index contributed by atoms with van der Waals surface area (Å²) in [4.78, 5) is 24.6. The second kappa shape index (κ2) is 8.57. The van der Waals surface area contributed by atoms with Crippen LogP contribution in [0, 0.1) is 5.41 Å². The fourth-order valence-corrected chi connectivity index (χ4v) is 2.93. The van der Waals surface area contributed by atoms with E-state index in [-0.39, 0.29) is 36.0 Å². The van der Waals surface area contributed by atoms with Crippen LogP contribution in [0.5, 0.6) is 0 Å². The van der Waals surface area contributed by atoms with E-state index in [9.17, 15) is 19.8 Å². The summed E-state index contributed by atoms with van der Waals surface area (Å²) in [6, 6.07) is 0. The van der Waals surface area contributed by atoms with Gasteiger partial charge in [-0.15, -0.1) is 0 Å². The number of hydrogen-bond donors (Lipinski definition) is 3. The fourth-order valence-electron chi connectivity index (χ4n) is 2.93. The molecule has 0 aromatic heterocycles. The molecule has 132 valence electrons. The molecule has 6 nitrogen and oxygen atoms in total. The van der Waals surface area contributed by atoms with Crippen LogP contribution in [-0.4, -0.2) is 58.8 Å². The summed E-state index contributed by atoms with van der Waals surface area (Å²) in [5.74, 6) is -0.575. The van der Waals surface area contributed by atoms with Gasteiger partial charge in [-0.25, -0.2) is 0 Å². The first kappa shape index (κ1) is 19.8. The van der Waals surface area contributed by atoms with Gasteiger partial charge in [0, 0.05) is 37.4 Å². The molecule has 1 heterocycles. The molecule has 0 saturated heterocycles. The van der Waals surface area contributed by atoms with Crippen molar-refractivity contribution >= 4 is 11.8 Å². The molecule has 0 unspecified atom stereocenters. The zero-order chi connectivity index (χ0) is 17.5. The highest BCUT2D eigenvalue weighted by molar-refractivity contribution is 6.12. The van der Waals surface area contributed by atoms with Crippen molar-refractivity contribution in [2.24, 2.45) is 5.41 Å². The number of aliphatic hydroxyl groups excluding tert-OH is 2. The predicted molar refractivity (Wildman–Crippen MR) is 88.7 cm³/mol. The minimum atomic E-state index is -0.287. The summed E-state index contributed by atoms with van der Waals surface area (Å²) in [6.07, 6.45) is 5.01. The van der Waals surface area contributed by atoms with E-state index >= 15 is 0 Å². The second-order valence-corrected chi connectivity index (χ2v) is 7.29. The summed E-state index contributed by atoms with van der Waals surface area (Å²) in [7, 11) is 0. The van der Waals surface area contributed by atoms with Gasteiger partial charge in [0.1, 0.15) is 0 Å². The van der Waals surface area contributed by atoms with Gasteiger partial charge in [-0.05, 0) is 58.4 Å². The summed E-state index contributed by atoms with van der Waals surface area (Å²) in [5, 5.41) is 22.3. The Morgan fingerprint density at radius 3 is 1.91 bits per heavy atom. The standard InChI is InChI=1S/C17H30N2O4/c1-16(2,3)18-10-6-17(8-12-20,9-13-21)7-11-19-14(22)4-5-15(19)23/h4-5,18,20-21H,6-13H2,1-3H3. The number of carbonyl (C=O) groups is 2. The van der Waals surface area contributed by atoms with Gasteiger partial charge in [-0.3, -0.25) is 14.5 Å². The molecule has 2 amide bonds. The first-order valence-electron chi connectivity index (χ1n) is 8.23. The molecular weight excluding hydrogens is 296 g/mol. The molecule has 0 fully saturated rings. The predicted octanol–water partition coefficient (Wildman–Crippen LogP) is 0.831. The second-order valence-electron chi connectivity index (χ2n) is 7.29. The van der Waals surface area contributed by atoms with E-state index in [1.807, 2.05) is 0 Å². The molecule has 0 aromatic carbocycles. The number of nitrogens with one attached hydrogen (secondary N) is 1. The van der Waals surface area contributed by atoms with Crippen molar-refractivity contribution in [2.75, 3.05) is 26.3 Å². The van der Waals surface area contributed by atoms with Gasteiger partial charge >= 0.3 is 0 Å². The third-order valence-corrected chi connectivity index (χ3v) is 4.36. The molecule has 0 spiro atoms. The minimum Gasteiger partial charge on any atom is -0.396 e. The summed E-state index contributed by atoms with van der Waals surface area (Å²) >= 11 is 0. The molecule has 0 saturated carbocycles. The van der Waals surface area contributed by atoms with E-state index in [4.69, 9.17) is 0 Å². The lowest BCUT2D eigenvalue weighted by molar-refractivity contribution is -0.137. The molecule has 3 N–H and O–H groups in total. The Kier molecular flexibility index (Phi) is 7.38. The maximum Gasteiger partial charge on any atom is 0.253 e. The van der Waals surface area contributed by atoms with Crippen LogP contribution in [-0.2, 0) is 9.59 Å². The number of rotatable bonds is 10. The fraction of sp³-hybridized carbons (Fsp3) is 0.765. The third kappa shape index (κ3) is 6.41. The van der Waals surface area contributed by atoms with Crippen LogP contribution in [0.4, 0.5) is 0 Å². The smallest absolute Gasteiger partial charge is 0.253 e. The Bertz CT molecular complexity index is 416. The first-order valence-corrected chi connectivity index (χ1v) is 8.23. The van der Waals surface area contributed by atoms with E-state index in [1.165, 1.54) is 17.1 Å². The summed E-state index contributed by atoms with van der Waals surface area (Å²) < 4.78 is 0. The molecule has 0 radical (unpaired) electrons. The molecule has 1 rings (SSSR count). The summed E-state index contributed by atoms with van der Waals surface area (Å²) in [6.45, 7) is 7.37. The zero-order valence-electron chi connectivity index (χ0n) is 14.5. The Balaban J connectivity index is 2.69. The average Bonchev–Trinajstić information content (AvgIpc) is 2.75. The van der Waals surface area contributed by atoms with Crippen molar-refractivity contribution < 1.29 is 19.8 Å². The number of hydrogen-bond acceptors (Lipinski definition) is 5.